The monoisotopic (exact) mass is 370 g/mol. The number of carbonyl (C=O) groups excluding carboxylic acids is 3. The van der Waals surface area contributed by atoms with Crippen LogP contribution in [0.4, 0.5) is 5.69 Å². The molecule has 142 valence electrons. The van der Waals surface area contributed by atoms with Gasteiger partial charge in [-0.25, -0.2) is 0 Å². The highest BCUT2D eigenvalue weighted by Gasteiger charge is 2.35. The molecule has 0 radical (unpaired) electrons. The fourth-order valence-corrected chi connectivity index (χ4v) is 3.35. The quantitative estimate of drug-likeness (QED) is 0.776. The maximum absolute atomic E-state index is 12.9. The topological polar surface area (TPSA) is 123 Å². The Morgan fingerprint density at radius 3 is 2.70 bits per heavy atom. The van der Waals surface area contributed by atoms with Gasteiger partial charge in [-0.2, -0.15) is 5.10 Å². The number of hydrogen-bond acceptors (Lipinski definition) is 5. The molecule has 1 saturated heterocycles. The maximum atomic E-state index is 12.9. The first-order valence-electron chi connectivity index (χ1n) is 8.71. The molecule has 1 fully saturated rings. The third kappa shape index (κ3) is 3.97. The van der Waals surface area contributed by atoms with E-state index in [4.69, 9.17) is 5.73 Å². The third-order valence-corrected chi connectivity index (χ3v) is 4.75. The predicted molar refractivity (Wildman–Crippen MR) is 97.4 cm³/mol. The number of amides is 3. The molecule has 1 aliphatic rings. The molecule has 0 saturated carbocycles. The Labute approximate surface area is 156 Å². The van der Waals surface area contributed by atoms with Crippen LogP contribution in [0.15, 0.2) is 30.7 Å². The molecule has 2 atom stereocenters. The number of anilines is 1. The summed E-state index contributed by atoms with van der Waals surface area (Å²) in [7, 11) is 1.82. The zero-order valence-electron chi connectivity index (χ0n) is 15.3. The molecule has 3 amide bonds. The zero-order chi connectivity index (χ0) is 19.6. The number of rotatable bonds is 3. The van der Waals surface area contributed by atoms with E-state index < -0.39 is 17.7 Å². The number of hydrogen-bond donors (Lipinski definition) is 2. The molecule has 2 aromatic rings. The molecule has 3 heterocycles. The summed E-state index contributed by atoms with van der Waals surface area (Å²) in [5.74, 6) is -1.77. The van der Waals surface area contributed by atoms with E-state index in [1.807, 2.05) is 13.1 Å². The Morgan fingerprint density at radius 1 is 1.26 bits per heavy atom. The Hall–Kier alpha value is -3.23. The predicted octanol–water partition coefficient (Wildman–Crippen LogP) is 0.852. The number of carbonyl (C=O) groups is 3. The Kier molecular flexibility index (Phi) is 5.20. The van der Waals surface area contributed by atoms with Crippen molar-refractivity contribution in [2.24, 2.45) is 18.7 Å². The molecule has 3 rings (SSSR count). The van der Waals surface area contributed by atoms with Gasteiger partial charge in [0.25, 0.3) is 0 Å². The second kappa shape index (κ2) is 7.56. The highest BCUT2D eigenvalue weighted by Crippen LogP contribution is 2.33. The average Bonchev–Trinajstić information content (AvgIpc) is 3.07. The van der Waals surface area contributed by atoms with E-state index in [9.17, 15) is 14.4 Å². The van der Waals surface area contributed by atoms with E-state index >= 15 is 0 Å². The van der Waals surface area contributed by atoms with E-state index in [-0.39, 0.29) is 17.3 Å². The lowest BCUT2D eigenvalue weighted by Gasteiger charge is -2.38. The summed E-state index contributed by atoms with van der Waals surface area (Å²) in [6.45, 7) is 2.54. The number of nitrogens with zero attached hydrogens (tertiary/aromatic N) is 4. The molecule has 0 spiro atoms. The van der Waals surface area contributed by atoms with Crippen molar-refractivity contribution in [3.63, 3.8) is 0 Å². The Balaban J connectivity index is 1.79. The first kappa shape index (κ1) is 18.6. The summed E-state index contributed by atoms with van der Waals surface area (Å²) >= 11 is 0. The first-order chi connectivity index (χ1) is 12.9. The summed E-state index contributed by atoms with van der Waals surface area (Å²) in [5.41, 5.74) is 6.50. The van der Waals surface area contributed by atoms with Crippen molar-refractivity contribution >= 4 is 23.4 Å². The van der Waals surface area contributed by atoms with E-state index in [2.05, 4.69) is 22.3 Å². The lowest BCUT2D eigenvalue weighted by atomic mass is 9.92. The molecule has 0 bridgehead atoms. The summed E-state index contributed by atoms with van der Waals surface area (Å²) in [5, 5.41) is 6.68. The lowest BCUT2D eigenvalue weighted by molar-refractivity contribution is -0.146. The second-order valence-corrected chi connectivity index (χ2v) is 6.82. The van der Waals surface area contributed by atoms with Crippen LogP contribution in [0.25, 0.3) is 0 Å². The van der Waals surface area contributed by atoms with Gasteiger partial charge >= 0.3 is 11.8 Å². The molecule has 2 aromatic heterocycles. The summed E-state index contributed by atoms with van der Waals surface area (Å²) < 4.78 is 1.72. The van der Waals surface area contributed by atoms with Crippen molar-refractivity contribution < 1.29 is 14.4 Å². The van der Waals surface area contributed by atoms with Gasteiger partial charge in [-0.1, -0.05) is 6.92 Å². The summed E-state index contributed by atoms with van der Waals surface area (Å²) in [6.07, 6.45) is 6.06. The first-order valence-corrected chi connectivity index (χ1v) is 8.71. The van der Waals surface area contributed by atoms with Gasteiger partial charge in [0.1, 0.15) is 0 Å². The largest absolute Gasteiger partial charge is 0.366 e. The molecular formula is C18H22N6O3. The molecule has 9 nitrogen and oxygen atoms in total. The normalized spacial score (nSPS) is 19.6. The highest BCUT2D eigenvalue weighted by atomic mass is 16.2. The van der Waals surface area contributed by atoms with Crippen molar-refractivity contribution in [3.8, 4) is 0 Å². The number of aryl methyl sites for hydroxylation is 1. The number of piperidine rings is 1. The second-order valence-electron chi connectivity index (χ2n) is 6.82. The van der Waals surface area contributed by atoms with Gasteiger partial charge in [0, 0.05) is 26.0 Å². The van der Waals surface area contributed by atoms with Crippen molar-refractivity contribution in [3.05, 3.63) is 42.0 Å². The van der Waals surface area contributed by atoms with Crippen molar-refractivity contribution in [1.82, 2.24) is 19.7 Å². The van der Waals surface area contributed by atoms with Crippen LogP contribution in [0.3, 0.4) is 0 Å². The number of primary amides is 1. The van der Waals surface area contributed by atoms with Gasteiger partial charge in [-0.3, -0.25) is 24.0 Å². The van der Waals surface area contributed by atoms with Crippen LogP contribution in [-0.2, 0) is 16.6 Å². The fourth-order valence-electron chi connectivity index (χ4n) is 3.35. The molecule has 27 heavy (non-hydrogen) atoms. The third-order valence-electron chi connectivity index (χ3n) is 4.75. The number of aromatic nitrogens is 3. The van der Waals surface area contributed by atoms with Gasteiger partial charge in [-0.05, 0) is 30.9 Å². The standard InChI is InChI=1S/C18H22N6O3/c1-11-3-4-15(14-5-6-21-23(14)2)24(10-11)18(27)17(26)22-13-7-12(16(19)25)8-20-9-13/h5-9,11,15H,3-4,10H2,1-2H3,(H2,19,25)(H,22,26)/t11-,15-/m0/s1. The lowest BCUT2D eigenvalue weighted by Crippen LogP contribution is -2.47. The van der Waals surface area contributed by atoms with Gasteiger partial charge in [-0.15, -0.1) is 0 Å². The van der Waals surface area contributed by atoms with E-state index in [1.165, 1.54) is 18.5 Å². The zero-order valence-corrected chi connectivity index (χ0v) is 15.3. The smallest absolute Gasteiger partial charge is 0.313 e. The van der Waals surface area contributed by atoms with Crippen LogP contribution in [0.5, 0.6) is 0 Å². The summed E-state index contributed by atoms with van der Waals surface area (Å²) in [6, 6.07) is 3.04. The number of nitrogens with two attached hydrogens (primary N) is 1. The van der Waals surface area contributed by atoms with Crippen molar-refractivity contribution in [1.29, 1.82) is 0 Å². The van der Waals surface area contributed by atoms with E-state index in [1.54, 1.807) is 15.8 Å². The van der Waals surface area contributed by atoms with Gasteiger partial charge in [0.15, 0.2) is 0 Å². The summed E-state index contributed by atoms with van der Waals surface area (Å²) in [4.78, 5) is 42.1. The number of nitrogens with one attached hydrogen (secondary N) is 1. The molecule has 3 N–H and O–H groups in total. The van der Waals surface area contributed by atoms with Crippen LogP contribution < -0.4 is 11.1 Å². The van der Waals surface area contributed by atoms with E-state index in [0.29, 0.717) is 12.5 Å². The fraction of sp³-hybridized carbons (Fsp3) is 0.389. The van der Waals surface area contributed by atoms with E-state index in [0.717, 1.165) is 18.5 Å². The molecule has 9 heteroatoms. The van der Waals surface area contributed by atoms with Gasteiger partial charge in [0.05, 0.1) is 29.2 Å². The molecule has 1 aliphatic heterocycles. The van der Waals surface area contributed by atoms with Crippen molar-refractivity contribution in [2.45, 2.75) is 25.8 Å². The Bertz CT molecular complexity index is 877. The number of likely N-dealkylation sites (tertiary alicyclic amines) is 1. The van der Waals surface area contributed by atoms with Crippen LogP contribution in [0, 0.1) is 5.92 Å². The minimum atomic E-state index is -0.778. The van der Waals surface area contributed by atoms with Crippen LogP contribution in [0.2, 0.25) is 0 Å². The minimum absolute atomic E-state index is 0.152. The van der Waals surface area contributed by atoms with Gasteiger partial charge in [0.2, 0.25) is 5.91 Å². The molecular weight excluding hydrogens is 348 g/mol. The molecule has 0 aliphatic carbocycles. The number of pyridine rings is 1. The SMILES string of the molecule is C[C@H]1CC[C@@H](c2ccnn2C)N(C(=O)C(=O)Nc2cncc(C(N)=O)c2)C1. The minimum Gasteiger partial charge on any atom is -0.366 e. The molecule has 0 unspecified atom stereocenters. The molecule has 0 aromatic carbocycles. The van der Waals surface area contributed by atoms with Crippen LogP contribution >= 0.6 is 0 Å². The van der Waals surface area contributed by atoms with Gasteiger partial charge < -0.3 is 16.0 Å². The van der Waals surface area contributed by atoms with Crippen molar-refractivity contribution in [2.75, 3.05) is 11.9 Å². The Morgan fingerprint density at radius 2 is 2.04 bits per heavy atom. The van der Waals surface area contributed by atoms with Crippen LogP contribution in [0.1, 0.15) is 41.9 Å². The maximum Gasteiger partial charge on any atom is 0.313 e. The highest BCUT2D eigenvalue weighted by molar-refractivity contribution is 6.39. The van der Waals surface area contributed by atoms with Crippen LogP contribution in [-0.4, -0.2) is 43.9 Å². The average molecular weight is 370 g/mol.